The molecule has 0 aromatic heterocycles. The van der Waals surface area contributed by atoms with Crippen LogP contribution in [0.3, 0.4) is 0 Å². The molecular weight excluding hydrogens is 260 g/mol. The first kappa shape index (κ1) is 12.2. The lowest BCUT2D eigenvalue weighted by atomic mass is 10.00. The van der Waals surface area contributed by atoms with Crippen LogP contribution in [0.5, 0.6) is 0 Å². The van der Waals surface area contributed by atoms with E-state index in [1.807, 2.05) is 13.0 Å². The number of rotatable bonds is 1. The molecule has 2 aromatic carbocycles. The summed E-state index contributed by atoms with van der Waals surface area (Å²) in [5, 5.41) is 0.953. The van der Waals surface area contributed by atoms with Gasteiger partial charge in [0.05, 0.1) is 15.7 Å². The molecule has 0 amide bonds. The number of anilines is 1. The number of nitrogens with two attached hydrogens (primary N) is 1. The zero-order chi connectivity index (χ0) is 12.6. The van der Waals surface area contributed by atoms with Crippen LogP contribution in [-0.2, 0) is 0 Å². The summed E-state index contributed by atoms with van der Waals surface area (Å²) in [4.78, 5) is 0. The lowest BCUT2D eigenvalue weighted by Gasteiger charge is -2.09. The molecule has 2 rings (SSSR count). The van der Waals surface area contributed by atoms with E-state index in [9.17, 15) is 4.39 Å². The second kappa shape index (κ2) is 4.55. The molecule has 0 spiro atoms. The first-order valence-corrected chi connectivity index (χ1v) is 5.75. The van der Waals surface area contributed by atoms with Gasteiger partial charge in [-0.1, -0.05) is 29.3 Å². The minimum Gasteiger partial charge on any atom is -0.396 e. The van der Waals surface area contributed by atoms with E-state index >= 15 is 0 Å². The average molecular weight is 270 g/mol. The quantitative estimate of drug-likeness (QED) is 0.747. The SMILES string of the molecule is Cc1cc(F)c(N)cc1-c1ccc(Cl)c(Cl)c1. The van der Waals surface area contributed by atoms with Crippen LogP contribution in [0.1, 0.15) is 5.56 Å². The highest BCUT2D eigenvalue weighted by Crippen LogP contribution is 2.32. The lowest BCUT2D eigenvalue weighted by molar-refractivity contribution is 0.631. The van der Waals surface area contributed by atoms with Gasteiger partial charge in [-0.25, -0.2) is 4.39 Å². The van der Waals surface area contributed by atoms with Gasteiger partial charge >= 0.3 is 0 Å². The van der Waals surface area contributed by atoms with Crippen LogP contribution < -0.4 is 5.73 Å². The topological polar surface area (TPSA) is 26.0 Å². The molecule has 2 aromatic rings. The molecule has 1 nitrogen and oxygen atoms in total. The summed E-state index contributed by atoms with van der Waals surface area (Å²) < 4.78 is 13.2. The molecule has 0 fully saturated rings. The van der Waals surface area contributed by atoms with Crippen molar-refractivity contribution in [2.75, 3.05) is 5.73 Å². The van der Waals surface area contributed by atoms with Crippen LogP contribution in [0, 0.1) is 12.7 Å². The summed E-state index contributed by atoms with van der Waals surface area (Å²) in [7, 11) is 0. The van der Waals surface area contributed by atoms with E-state index in [1.54, 1.807) is 18.2 Å². The fraction of sp³-hybridized carbons (Fsp3) is 0.0769. The number of aryl methyl sites for hydroxylation is 1. The largest absolute Gasteiger partial charge is 0.396 e. The minimum absolute atomic E-state index is 0.122. The van der Waals surface area contributed by atoms with Crippen molar-refractivity contribution in [1.29, 1.82) is 0 Å². The molecule has 0 bridgehead atoms. The second-order valence-corrected chi connectivity index (χ2v) is 4.63. The monoisotopic (exact) mass is 269 g/mol. The van der Waals surface area contributed by atoms with Gasteiger partial charge in [0.1, 0.15) is 5.82 Å². The molecule has 0 radical (unpaired) electrons. The van der Waals surface area contributed by atoms with Crippen molar-refractivity contribution in [1.82, 2.24) is 0 Å². The molecular formula is C13H10Cl2FN. The maximum atomic E-state index is 13.2. The van der Waals surface area contributed by atoms with Crippen molar-refractivity contribution >= 4 is 28.9 Å². The standard InChI is InChI=1S/C13H10Cl2FN/c1-7-4-12(16)13(17)6-9(7)8-2-3-10(14)11(15)5-8/h2-6H,17H2,1H3. The van der Waals surface area contributed by atoms with Gasteiger partial charge in [0.2, 0.25) is 0 Å². The van der Waals surface area contributed by atoms with E-state index in [4.69, 9.17) is 28.9 Å². The number of hydrogen-bond acceptors (Lipinski definition) is 1. The van der Waals surface area contributed by atoms with E-state index in [0.29, 0.717) is 10.0 Å². The molecule has 0 heterocycles. The highest BCUT2D eigenvalue weighted by Gasteiger charge is 2.08. The average Bonchev–Trinajstić information content (AvgIpc) is 2.27. The van der Waals surface area contributed by atoms with Crippen molar-refractivity contribution < 1.29 is 4.39 Å². The van der Waals surface area contributed by atoms with Crippen LogP contribution >= 0.6 is 23.2 Å². The van der Waals surface area contributed by atoms with Crippen molar-refractivity contribution in [2.24, 2.45) is 0 Å². The first-order valence-electron chi connectivity index (χ1n) is 5.00. The maximum absolute atomic E-state index is 13.2. The zero-order valence-corrected chi connectivity index (χ0v) is 10.6. The van der Waals surface area contributed by atoms with E-state index in [1.165, 1.54) is 6.07 Å². The Balaban J connectivity index is 2.60. The van der Waals surface area contributed by atoms with Crippen molar-refractivity contribution in [3.8, 4) is 11.1 Å². The Morgan fingerprint density at radius 3 is 2.41 bits per heavy atom. The predicted molar refractivity (Wildman–Crippen MR) is 71.0 cm³/mol. The Morgan fingerprint density at radius 2 is 1.76 bits per heavy atom. The third-order valence-electron chi connectivity index (χ3n) is 2.57. The summed E-state index contributed by atoms with van der Waals surface area (Å²) >= 11 is 11.8. The normalized spacial score (nSPS) is 10.6. The molecule has 0 saturated heterocycles. The summed E-state index contributed by atoms with van der Waals surface area (Å²) in [6.45, 7) is 1.82. The molecule has 88 valence electrons. The van der Waals surface area contributed by atoms with Gasteiger partial charge in [-0.15, -0.1) is 0 Å². The molecule has 4 heteroatoms. The fourth-order valence-corrected chi connectivity index (χ4v) is 1.96. The van der Waals surface area contributed by atoms with E-state index in [0.717, 1.165) is 16.7 Å². The molecule has 0 aliphatic heterocycles. The Labute approximate surface area is 109 Å². The van der Waals surface area contributed by atoms with Gasteiger partial charge in [-0.2, -0.15) is 0 Å². The summed E-state index contributed by atoms with van der Waals surface area (Å²) in [6.07, 6.45) is 0. The zero-order valence-electron chi connectivity index (χ0n) is 9.10. The van der Waals surface area contributed by atoms with E-state index in [2.05, 4.69) is 0 Å². The van der Waals surface area contributed by atoms with Crippen LogP contribution in [0.25, 0.3) is 11.1 Å². The summed E-state index contributed by atoms with van der Waals surface area (Å²) in [5.41, 5.74) is 8.20. The van der Waals surface area contributed by atoms with Crippen LogP contribution in [0.15, 0.2) is 30.3 Å². The van der Waals surface area contributed by atoms with Gasteiger partial charge in [0, 0.05) is 0 Å². The molecule has 0 aliphatic rings. The predicted octanol–water partition coefficient (Wildman–Crippen LogP) is 4.69. The van der Waals surface area contributed by atoms with Gasteiger partial charge in [0.15, 0.2) is 0 Å². The van der Waals surface area contributed by atoms with Crippen molar-refractivity contribution in [3.63, 3.8) is 0 Å². The van der Waals surface area contributed by atoms with Crippen LogP contribution in [-0.4, -0.2) is 0 Å². The first-order chi connectivity index (χ1) is 7.99. The molecule has 0 saturated carbocycles. The summed E-state index contributed by atoms with van der Waals surface area (Å²) in [6, 6.07) is 8.28. The molecule has 0 unspecified atom stereocenters. The highest BCUT2D eigenvalue weighted by molar-refractivity contribution is 6.42. The Hall–Kier alpha value is -1.25. The summed E-state index contributed by atoms with van der Waals surface area (Å²) in [5.74, 6) is -0.411. The fourth-order valence-electron chi connectivity index (χ4n) is 1.66. The van der Waals surface area contributed by atoms with Crippen molar-refractivity contribution in [3.05, 3.63) is 51.8 Å². The molecule has 0 aliphatic carbocycles. The highest BCUT2D eigenvalue weighted by atomic mass is 35.5. The van der Waals surface area contributed by atoms with E-state index < -0.39 is 5.82 Å². The Kier molecular flexibility index (Phi) is 3.27. The number of halogens is 3. The minimum atomic E-state index is -0.411. The van der Waals surface area contributed by atoms with Crippen LogP contribution in [0.2, 0.25) is 10.0 Å². The third-order valence-corrected chi connectivity index (χ3v) is 3.31. The van der Waals surface area contributed by atoms with Gasteiger partial charge < -0.3 is 5.73 Å². The van der Waals surface area contributed by atoms with Crippen molar-refractivity contribution in [2.45, 2.75) is 6.92 Å². The number of hydrogen-bond donors (Lipinski definition) is 1. The Morgan fingerprint density at radius 1 is 1.06 bits per heavy atom. The second-order valence-electron chi connectivity index (χ2n) is 3.82. The lowest BCUT2D eigenvalue weighted by Crippen LogP contribution is -1.94. The maximum Gasteiger partial charge on any atom is 0.146 e. The van der Waals surface area contributed by atoms with Gasteiger partial charge in [-0.05, 0) is 47.9 Å². The smallest absolute Gasteiger partial charge is 0.146 e. The number of nitrogen functional groups attached to an aromatic ring is 1. The Bertz CT molecular complexity index is 582. The molecule has 17 heavy (non-hydrogen) atoms. The molecule has 0 atom stereocenters. The third kappa shape index (κ3) is 2.38. The van der Waals surface area contributed by atoms with E-state index in [-0.39, 0.29) is 5.69 Å². The van der Waals surface area contributed by atoms with Crippen LogP contribution in [0.4, 0.5) is 10.1 Å². The molecule has 2 N–H and O–H groups in total. The van der Waals surface area contributed by atoms with Gasteiger partial charge in [-0.3, -0.25) is 0 Å². The number of benzene rings is 2. The van der Waals surface area contributed by atoms with Gasteiger partial charge in [0.25, 0.3) is 0 Å².